The molecule has 3 heteroatoms. The van der Waals surface area contributed by atoms with Gasteiger partial charge in [-0.15, -0.1) is 0 Å². The Morgan fingerprint density at radius 1 is 1.22 bits per heavy atom. The van der Waals surface area contributed by atoms with E-state index in [-0.39, 0.29) is 0 Å². The SMILES string of the molecule is CCC(C)Nc1ccc(-c2ncccc2C)cn1. The molecule has 2 aromatic rings. The maximum absolute atomic E-state index is 4.43. The minimum absolute atomic E-state index is 0.444. The Hall–Kier alpha value is -1.90. The van der Waals surface area contributed by atoms with Gasteiger partial charge in [0, 0.05) is 24.0 Å². The first kappa shape index (κ1) is 12.6. The summed E-state index contributed by atoms with van der Waals surface area (Å²) < 4.78 is 0. The molecular weight excluding hydrogens is 222 g/mol. The molecule has 0 aliphatic carbocycles. The number of aromatic nitrogens is 2. The van der Waals surface area contributed by atoms with Crippen molar-refractivity contribution in [2.75, 3.05) is 5.32 Å². The Kier molecular flexibility index (Phi) is 3.92. The van der Waals surface area contributed by atoms with Crippen molar-refractivity contribution >= 4 is 5.82 Å². The van der Waals surface area contributed by atoms with Crippen molar-refractivity contribution in [2.45, 2.75) is 33.2 Å². The normalized spacial score (nSPS) is 12.2. The summed E-state index contributed by atoms with van der Waals surface area (Å²) in [7, 11) is 0. The maximum atomic E-state index is 4.43. The summed E-state index contributed by atoms with van der Waals surface area (Å²) >= 11 is 0. The molecular formula is C15H19N3. The largest absolute Gasteiger partial charge is 0.368 e. The molecule has 0 radical (unpaired) electrons. The van der Waals surface area contributed by atoms with Crippen LogP contribution in [0.5, 0.6) is 0 Å². The van der Waals surface area contributed by atoms with Gasteiger partial charge in [-0.25, -0.2) is 4.98 Å². The number of hydrogen-bond acceptors (Lipinski definition) is 3. The van der Waals surface area contributed by atoms with E-state index >= 15 is 0 Å². The summed E-state index contributed by atoms with van der Waals surface area (Å²) in [4.78, 5) is 8.83. The topological polar surface area (TPSA) is 37.8 Å². The van der Waals surface area contributed by atoms with Crippen LogP contribution in [0.4, 0.5) is 5.82 Å². The van der Waals surface area contributed by atoms with Crippen molar-refractivity contribution in [1.82, 2.24) is 9.97 Å². The predicted octanol–water partition coefficient (Wildman–Crippen LogP) is 3.66. The monoisotopic (exact) mass is 241 g/mol. The van der Waals surface area contributed by atoms with Crippen molar-refractivity contribution in [3.63, 3.8) is 0 Å². The van der Waals surface area contributed by atoms with Gasteiger partial charge in [0.25, 0.3) is 0 Å². The van der Waals surface area contributed by atoms with Crippen LogP contribution >= 0.6 is 0 Å². The van der Waals surface area contributed by atoms with E-state index in [4.69, 9.17) is 0 Å². The number of nitrogens with zero attached hydrogens (tertiary/aromatic N) is 2. The molecule has 1 unspecified atom stereocenters. The molecule has 2 rings (SSSR count). The molecule has 0 bridgehead atoms. The highest BCUT2D eigenvalue weighted by Gasteiger charge is 2.04. The van der Waals surface area contributed by atoms with E-state index in [9.17, 15) is 0 Å². The molecule has 0 spiro atoms. The molecule has 2 heterocycles. The summed E-state index contributed by atoms with van der Waals surface area (Å²) in [5, 5.41) is 3.35. The van der Waals surface area contributed by atoms with Crippen LogP contribution in [0.2, 0.25) is 0 Å². The molecule has 1 N–H and O–H groups in total. The van der Waals surface area contributed by atoms with Crippen molar-refractivity contribution in [2.24, 2.45) is 0 Å². The number of aryl methyl sites for hydroxylation is 1. The number of pyridine rings is 2. The molecule has 0 saturated carbocycles. The fraction of sp³-hybridized carbons (Fsp3) is 0.333. The molecule has 0 saturated heterocycles. The third-order valence-corrected chi connectivity index (χ3v) is 3.05. The Labute approximate surface area is 108 Å². The first-order chi connectivity index (χ1) is 8.70. The third kappa shape index (κ3) is 2.86. The minimum Gasteiger partial charge on any atom is -0.368 e. The van der Waals surface area contributed by atoms with Crippen LogP contribution in [0.3, 0.4) is 0 Å². The van der Waals surface area contributed by atoms with E-state index in [0.717, 1.165) is 23.5 Å². The second-order valence-electron chi connectivity index (χ2n) is 4.55. The number of nitrogens with one attached hydrogen (secondary N) is 1. The van der Waals surface area contributed by atoms with Crippen LogP contribution in [0.1, 0.15) is 25.8 Å². The van der Waals surface area contributed by atoms with Gasteiger partial charge in [0.2, 0.25) is 0 Å². The highest BCUT2D eigenvalue weighted by molar-refractivity contribution is 5.62. The highest BCUT2D eigenvalue weighted by Crippen LogP contribution is 2.20. The van der Waals surface area contributed by atoms with Gasteiger partial charge in [-0.1, -0.05) is 13.0 Å². The van der Waals surface area contributed by atoms with Crippen molar-refractivity contribution < 1.29 is 0 Å². The van der Waals surface area contributed by atoms with Crippen LogP contribution in [-0.2, 0) is 0 Å². The van der Waals surface area contributed by atoms with Crippen molar-refractivity contribution in [3.05, 3.63) is 42.2 Å². The van der Waals surface area contributed by atoms with Gasteiger partial charge in [0.05, 0.1) is 5.69 Å². The average molecular weight is 241 g/mol. The highest BCUT2D eigenvalue weighted by atomic mass is 15.0. The van der Waals surface area contributed by atoms with Crippen LogP contribution in [0, 0.1) is 6.92 Å². The Balaban J connectivity index is 2.20. The fourth-order valence-electron chi connectivity index (χ4n) is 1.76. The number of rotatable bonds is 4. The molecule has 0 fully saturated rings. The van der Waals surface area contributed by atoms with E-state index in [1.807, 2.05) is 24.5 Å². The van der Waals surface area contributed by atoms with Crippen molar-refractivity contribution in [1.29, 1.82) is 0 Å². The van der Waals surface area contributed by atoms with E-state index < -0.39 is 0 Å². The standard InChI is InChI=1S/C15H19N3/c1-4-12(3)18-14-8-7-13(10-17-14)15-11(2)6-5-9-16-15/h5-10,12H,4H2,1-3H3,(H,17,18). The summed E-state index contributed by atoms with van der Waals surface area (Å²) in [5.41, 5.74) is 3.23. The average Bonchev–Trinajstić information content (AvgIpc) is 2.40. The molecule has 0 amide bonds. The lowest BCUT2D eigenvalue weighted by Crippen LogP contribution is -2.14. The minimum atomic E-state index is 0.444. The molecule has 94 valence electrons. The molecule has 2 aromatic heterocycles. The Bertz CT molecular complexity index is 505. The van der Waals surface area contributed by atoms with E-state index in [1.165, 1.54) is 5.56 Å². The molecule has 3 nitrogen and oxygen atoms in total. The van der Waals surface area contributed by atoms with Gasteiger partial charge in [0.1, 0.15) is 5.82 Å². The molecule has 0 aliphatic heterocycles. The van der Waals surface area contributed by atoms with Gasteiger partial charge in [-0.3, -0.25) is 4.98 Å². The van der Waals surface area contributed by atoms with Gasteiger partial charge in [0.15, 0.2) is 0 Å². The van der Waals surface area contributed by atoms with Gasteiger partial charge >= 0.3 is 0 Å². The zero-order valence-electron chi connectivity index (χ0n) is 11.1. The van der Waals surface area contributed by atoms with E-state index in [1.54, 1.807) is 0 Å². The van der Waals surface area contributed by atoms with Gasteiger partial charge in [-0.2, -0.15) is 0 Å². The Morgan fingerprint density at radius 3 is 2.67 bits per heavy atom. The molecule has 18 heavy (non-hydrogen) atoms. The zero-order chi connectivity index (χ0) is 13.0. The van der Waals surface area contributed by atoms with Crippen LogP contribution < -0.4 is 5.32 Å². The van der Waals surface area contributed by atoms with Gasteiger partial charge in [-0.05, 0) is 44.0 Å². The van der Waals surface area contributed by atoms with Crippen molar-refractivity contribution in [3.8, 4) is 11.3 Å². The van der Waals surface area contributed by atoms with E-state index in [2.05, 4.69) is 48.2 Å². The predicted molar refractivity (Wildman–Crippen MR) is 75.6 cm³/mol. The lowest BCUT2D eigenvalue weighted by Gasteiger charge is -2.12. The van der Waals surface area contributed by atoms with E-state index in [0.29, 0.717) is 6.04 Å². The first-order valence-corrected chi connectivity index (χ1v) is 6.35. The molecule has 1 atom stereocenters. The smallest absolute Gasteiger partial charge is 0.126 e. The quantitative estimate of drug-likeness (QED) is 0.887. The second-order valence-corrected chi connectivity index (χ2v) is 4.55. The summed E-state index contributed by atoms with van der Waals surface area (Å²) in [6, 6.07) is 8.53. The number of hydrogen-bond donors (Lipinski definition) is 1. The Morgan fingerprint density at radius 2 is 2.06 bits per heavy atom. The van der Waals surface area contributed by atoms with Crippen LogP contribution in [0.25, 0.3) is 11.3 Å². The summed E-state index contributed by atoms with van der Waals surface area (Å²) in [5.74, 6) is 0.918. The lowest BCUT2D eigenvalue weighted by atomic mass is 10.1. The molecule has 0 aromatic carbocycles. The third-order valence-electron chi connectivity index (χ3n) is 3.05. The maximum Gasteiger partial charge on any atom is 0.126 e. The fourth-order valence-corrected chi connectivity index (χ4v) is 1.76. The first-order valence-electron chi connectivity index (χ1n) is 6.35. The van der Waals surface area contributed by atoms with Crippen LogP contribution in [0.15, 0.2) is 36.7 Å². The second kappa shape index (κ2) is 5.63. The van der Waals surface area contributed by atoms with Gasteiger partial charge < -0.3 is 5.32 Å². The summed E-state index contributed by atoms with van der Waals surface area (Å²) in [6.45, 7) is 6.37. The summed E-state index contributed by atoms with van der Waals surface area (Å²) in [6.07, 6.45) is 4.77. The van der Waals surface area contributed by atoms with Crippen LogP contribution in [-0.4, -0.2) is 16.0 Å². The number of anilines is 1. The lowest BCUT2D eigenvalue weighted by molar-refractivity contribution is 0.759. The zero-order valence-corrected chi connectivity index (χ0v) is 11.1. The molecule has 0 aliphatic rings.